The molecule has 5 nitrogen and oxygen atoms in total. The topological polar surface area (TPSA) is 60.1 Å². The van der Waals surface area contributed by atoms with Crippen LogP contribution in [0.2, 0.25) is 0 Å². The first-order valence-electron chi connectivity index (χ1n) is 8.06. The van der Waals surface area contributed by atoms with Crippen molar-refractivity contribution in [2.45, 2.75) is 32.5 Å². The number of carbonyl (C=O) groups excluding carboxylic acids is 1. The monoisotopic (exact) mass is 398 g/mol. The Kier molecular flexibility index (Phi) is 5.36. The molecular weight excluding hydrogens is 384 g/mol. The van der Waals surface area contributed by atoms with E-state index in [1.165, 1.54) is 6.33 Å². The highest BCUT2D eigenvalue weighted by molar-refractivity contribution is 7.15. The number of aromatic nitrogens is 3. The number of rotatable bonds is 4. The van der Waals surface area contributed by atoms with Gasteiger partial charge in [-0.05, 0) is 24.6 Å². The number of carbonyl (C=O) groups is 1. The van der Waals surface area contributed by atoms with Crippen LogP contribution in [0, 0.1) is 5.82 Å². The average Bonchev–Trinajstić information content (AvgIpc) is 2.96. The summed E-state index contributed by atoms with van der Waals surface area (Å²) in [4.78, 5) is 25.1. The molecule has 1 amide bonds. The summed E-state index contributed by atoms with van der Waals surface area (Å²) in [7, 11) is 0. The van der Waals surface area contributed by atoms with Crippen molar-refractivity contribution in [1.82, 2.24) is 14.5 Å². The van der Waals surface area contributed by atoms with Crippen LogP contribution >= 0.6 is 11.3 Å². The average molecular weight is 398 g/mol. The molecule has 0 N–H and O–H groups in total. The minimum atomic E-state index is -4.68. The van der Waals surface area contributed by atoms with E-state index in [-0.39, 0.29) is 4.80 Å². The number of hydrogen-bond acceptors (Lipinski definition) is 4. The Balaban J connectivity index is 2.10. The van der Waals surface area contributed by atoms with Gasteiger partial charge in [0, 0.05) is 6.54 Å². The molecule has 0 atom stereocenters. The smallest absolute Gasteiger partial charge is 0.314 e. The van der Waals surface area contributed by atoms with Crippen molar-refractivity contribution in [2.24, 2.45) is 4.99 Å². The van der Waals surface area contributed by atoms with Gasteiger partial charge in [0.05, 0.1) is 22.8 Å². The highest BCUT2D eigenvalue weighted by Gasteiger charge is 2.32. The molecule has 0 bridgehead atoms. The van der Waals surface area contributed by atoms with Crippen molar-refractivity contribution in [3.05, 3.63) is 52.5 Å². The quantitative estimate of drug-likeness (QED) is 0.619. The second-order valence-electron chi connectivity index (χ2n) is 5.71. The van der Waals surface area contributed by atoms with Crippen LogP contribution in [0.15, 0.2) is 35.7 Å². The van der Waals surface area contributed by atoms with E-state index in [0.29, 0.717) is 35.1 Å². The number of unbranched alkanes of at least 4 members (excludes halogenated alkanes) is 1. The predicted molar refractivity (Wildman–Crippen MR) is 91.6 cm³/mol. The fourth-order valence-electron chi connectivity index (χ4n) is 2.45. The second kappa shape index (κ2) is 7.55. The van der Waals surface area contributed by atoms with Gasteiger partial charge in [0.15, 0.2) is 4.80 Å². The fourth-order valence-corrected chi connectivity index (χ4v) is 3.42. The first-order valence-corrected chi connectivity index (χ1v) is 8.88. The highest BCUT2D eigenvalue weighted by atomic mass is 32.1. The molecule has 0 fully saturated rings. The maximum Gasteiger partial charge on any atom is 0.416 e. The lowest BCUT2D eigenvalue weighted by Gasteiger charge is -2.08. The molecule has 2 aromatic heterocycles. The number of thiazole rings is 1. The van der Waals surface area contributed by atoms with E-state index in [4.69, 9.17) is 0 Å². The zero-order chi connectivity index (χ0) is 19.6. The molecule has 0 saturated heterocycles. The molecule has 0 aliphatic carbocycles. The van der Waals surface area contributed by atoms with Crippen LogP contribution in [-0.2, 0) is 12.7 Å². The van der Waals surface area contributed by atoms with E-state index in [2.05, 4.69) is 15.0 Å². The van der Waals surface area contributed by atoms with Crippen molar-refractivity contribution in [3.63, 3.8) is 0 Å². The molecule has 0 unspecified atom stereocenters. The largest absolute Gasteiger partial charge is 0.416 e. The van der Waals surface area contributed by atoms with Gasteiger partial charge in [0.2, 0.25) is 0 Å². The number of halogens is 4. The zero-order valence-electron chi connectivity index (χ0n) is 14.1. The van der Waals surface area contributed by atoms with Crippen molar-refractivity contribution in [3.8, 4) is 0 Å². The number of aryl methyl sites for hydroxylation is 1. The van der Waals surface area contributed by atoms with E-state index in [1.54, 1.807) is 10.8 Å². The van der Waals surface area contributed by atoms with Crippen LogP contribution in [0.25, 0.3) is 10.3 Å². The summed E-state index contributed by atoms with van der Waals surface area (Å²) in [5.41, 5.74) is -1.18. The molecule has 2 heterocycles. The van der Waals surface area contributed by atoms with E-state index < -0.39 is 29.0 Å². The molecule has 0 aliphatic rings. The van der Waals surface area contributed by atoms with Gasteiger partial charge in [0.1, 0.15) is 17.0 Å². The van der Waals surface area contributed by atoms with Crippen LogP contribution in [-0.4, -0.2) is 20.4 Å². The van der Waals surface area contributed by atoms with Crippen molar-refractivity contribution >= 4 is 27.6 Å². The summed E-state index contributed by atoms with van der Waals surface area (Å²) in [6, 6.07) is 1.68. The van der Waals surface area contributed by atoms with Gasteiger partial charge < -0.3 is 4.57 Å². The molecule has 0 saturated carbocycles. The summed E-state index contributed by atoms with van der Waals surface area (Å²) < 4.78 is 54.2. The fraction of sp³-hybridized carbons (Fsp3) is 0.294. The molecule has 0 spiro atoms. The number of alkyl halides is 3. The van der Waals surface area contributed by atoms with Gasteiger partial charge >= 0.3 is 6.18 Å². The standard InChI is InChI=1S/C17H14F4N4OS/c1-2-3-6-25-13-8-22-9-23-15(13)27-16(25)24-14(26)11-7-10(17(19,20)21)4-5-12(11)18/h4-5,7-9H,2-3,6H2,1H3/b24-16-. The van der Waals surface area contributed by atoms with Gasteiger partial charge in [-0.1, -0.05) is 24.7 Å². The van der Waals surface area contributed by atoms with Crippen LogP contribution in [0.4, 0.5) is 17.6 Å². The first-order chi connectivity index (χ1) is 12.8. The van der Waals surface area contributed by atoms with Gasteiger partial charge in [0.25, 0.3) is 5.91 Å². The number of hydrogen-bond donors (Lipinski definition) is 0. The number of fused-ring (bicyclic) bond motifs is 1. The normalized spacial score (nSPS) is 12.7. The lowest BCUT2D eigenvalue weighted by Crippen LogP contribution is -2.18. The Morgan fingerprint density at radius 2 is 2.11 bits per heavy atom. The lowest BCUT2D eigenvalue weighted by atomic mass is 10.1. The van der Waals surface area contributed by atoms with Gasteiger partial charge in [-0.25, -0.2) is 14.4 Å². The minimum absolute atomic E-state index is 0.237. The van der Waals surface area contributed by atoms with Crippen LogP contribution < -0.4 is 4.80 Å². The summed E-state index contributed by atoms with van der Waals surface area (Å²) in [6.07, 6.45) is -0.0887. The second-order valence-corrected chi connectivity index (χ2v) is 6.67. The first kappa shape index (κ1) is 19.2. The third-order valence-electron chi connectivity index (χ3n) is 3.82. The molecule has 142 valence electrons. The summed E-state index contributed by atoms with van der Waals surface area (Å²) in [5.74, 6) is -2.14. The third-order valence-corrected chi connectivity index (χ3v) is 4.83. The van der Waals surface area contributed by atoms with Crippen LogP contribution in [0.3, 0.4) is 0 Å². The van der Waals surface area contributed by atoms with E-state index >= 15 is 0 Å². The van der Waals surface area contributed by atoms with Crippen LogP contribution in [0.1, 0.15) is 35.7 Å². The maximum absolute atomic E-state index is 13.9. The Hall–Kier alpha value is -2.62. The van der Waals surface area contributed by atoms with E-state index in [1.807, 2.05) is 6.92 Å². The SMILES string of the molecule is CCCCn1/c(=N/C(=O)c2cc(C(F)(F)F)ccc2F)sc2ncncc21. The highest BCUT2D eigenvalue weighted by Crippen LogP contribution is 2.30. The predicted octanol–water partition coefficient (Wildman–Crippen LogP) is 4.19. The number of benzene rings is 1. The molecule has 1 aromatic carbocycles. The van der Waals surface area contributed by atoms with Crippen LogP contribution in [0.5, 0.6) is 0 Å². The summed E-state index contributed by atoms with van der Waals surface area (Å²) in [6.45, 7) is 2.52. The van der Waals surface area contributed by atoms with Gasteiger partial charge in [-0.15, -0.1) is 0 Å². The van der Waals surface area contributed by atoms with Gasteiger partial charge in [-0.2, -0.15) is 18.2 Å². The minimum Gasteiger partial charge on any atom is -0.314 e. The van der Waals surface area contributed by atoms with E-state index in [9.17, 15) is 22.4 Å². The van der Waals surface area contributed by atoms with Gasteiger partial charge in [-0.3, -0.25) is 4.79 Å². The third kappa shape index (κ3) is 4.05. The lowest BCUT2D eigenvalue weighted by molar-refractivity contribution is -0.137. The Labute approximate surface area is 155 Å². The maximum atomic E-state index is 13.9. The molecule has 0 radical (unpaired) electrons. The molecule has 3 aromatic rings. The Morgan fingerprint density at radius 1 is 1.33 bits per heavy atom. The number of nitrogens with zero attached hydrogens (tertiary/aromatic N) is 4. The molecule has 3 rings (SSSR count). The zero-order valence-corrected chi connectivity index (χ0v) is 14.9. The Morgan fingerprint density at radius 3 is 2.81 bits per heavy atom. The van der Waals surface area contributed by atoms with Crippen molar-refractivity contribution in [1.29, 1.82) is 0 Å². The van der Waals surface area contributed by atoms with Crippen molar-refractivity contribution in [2.75, 3.05) is 0 Å². The molecular formula is C17H14F4N4OS. The summed E-state index contributed by atoms with van der Waals surface area (Å²) >= 11 is 1.09. The summed E-state index contributed by atoms with van der Waals surface area (Å²) in [5, 5.41) is 0. The number of amides is 1. The molecule has 0 aliphatic heterocycles. The van der Waals surface area contributed by atoms with E-state index in [0.717, 1.165) is 24.2 Å². The Bertz CT molecular complexity index is 1060. The molecule has 27 heavy (non-hydrogen) atoms. The van der Waals surface area contributed by atoms with Crippen molar-refractivity contribution < 1.29 is 22.4 Å². The molecule has 10 heteroatoms.